The van der Waals surface area contributed by atoms with E-state index in [1.165, 1.54) is 48.6 Å². The van der Waals surface area contributed by atoms with Gasteiger partial charge in [0.2, 0.25) is 0 Å². The van der Waals surface area contributed by atoms with Crippen LogP contribution in [-0.4, -0.2) is 52.1 Å². The molecule has 1 aliphatic carbocycles. The zero-order chi connectivity index (χ0) is 17.5. The summed E-state index contributed by atoms with van der Waals surface area (Å²) in [5.74, 6) is 1.20. The predicted octanol–water partition coefficient (Wildman–Crippen LogP) is 0.411. The molecule has 0 atom stereocenters. The third kappa shape index (κ3) is 3.87. The maximum absolute atomic E-state index is 5.57. The van der Waals surface area contributed by atoms with Gasteiger partial charge in [-0.3, -0.25) is 9.38 Å². The fourth-order valence-corrected chi connectivity index (χ4v) is 4.89. The Morgan fingerprint density at radius 3 is 2.67 bits per heavy atom. The van der Waals surface area contributed by atoms with Crippen molar-refractivity contribution in [3.8, 4) is 0 Å². The molecular weight excluding hydrogens is 363 g/mol. The summed E-state index contributed by atoms with van der Waals surface area (Å²) in [4.78, 5) is 12.3. The molecule has 4 heterocycles. The van der Waals surface area contributed by atoms with Crippen LogP contribution in [-0.2, 0) is 11.2 Å². The fraction of sp³-hybridized carbons (Fsp3) is 0.619. The van der Waals surface area contributed by atoms with Gasteiger partial charge in [0.05, 0.1) is 23.3 Å². The SMILES string of the molecule is CCN1CCC(c2cn3c4c(ncc3n2)CC=C4C2CCOCC2)CC1.[H-].[K+]. The molecule has 2 fully saturated rings. The molecule has 2 aromatic heterocycles. The van der Waals surface area contributed by atoms with Crippen LogP contribution in [0.25, 0.3) is 11.2 Å². The molecular formula is C21H29KN4O. The predicted molar refractivity (Wildman–Crippen MR) is 103 cm³/mol. The molecule has 0 amide bonds. The quantitative estimate of drug-likeness (QED) is 0.710. The monoisotopic (exact) mass is 392 g/mol. The average Bonchev–Trinajstić information content (AvgIpc) is 3.32. The van der Waals surface area contributed by atoms with E-state index in [-0.39, 0.29) is 52.8 Å². The molecule has 2 aliphatic heterocycles. The van der Waals surface area contributed by atoms with Crippen LogP contribution in [0, 0.1) is 5.92 Å². The van der Waals surface area contributed by atoms with Crippen molar-refractivity contribution in [2.24, 2.45) is 5.92 Å². The van der Waals surface area contributed by atoms with Gasteiger partial charge in [0, 0.05) is 31.7 Å². The van der Waals surface area contributed by atoms with E-state index in [0.29, 0.717) is 11.8 Å². The number of rotatable bonds is 3. The molecule has 2 aromatic rings. The number of piperidine rings is 1. The van der Waals surface area contributed by atoms with Gasteiger partial charge in [-0.15, -0.1) is 0 Å². The Balaban J connectivity index is 0.00000112. The van der Waals surface area contributed by atoms with Crippen molar-refractivity contribution in [2.45, 2.75) is 44.9 Å². The summed E-state index contributed by atoms with van der Waals surface area (Å²) in [6.45, 7) is 7.56. The van der Waals surface area contributed by atoms with Crippen LogP contribution < -0.4 is 51.4 Å². The number of imidazole rings is 1. The molecule has 5 rings (SSSR count). The van der Waals surface area contributed by atoms with Crippen molar-refractivity contribution in [2.75, 3.05) is 32.8 Å². The van der Waals surface area contributed by atoms with Gasteiger partial charge in [-0.2, -0.15) is 0 Å². The van der Waals surface area contributed by atoms with Crippen LogP contribution >= 0.6 is 0 Å². The molecule has 6 heteroatoms. The van der Waals surface area contributed by atoms with Crippen molar-refractivity contribution >= 4 is 11.2 Å². The summed E-state index contributed by atoms with van der Waals surface area (Å²) in [5, 5.41) is 0. The van der Waals surface area contributed by atoms with E-state index in [1.807, 2.05) is 6.20 Å². The summed E-state index contributed by atoms with van der Waals surface area (Å²) < 4.78 is 7.90. The summed E-state index contributed by atoms with van der Waals surface area (Å²) in [5.41, 5.74) is 6.28. The molecule has 0 radical (unpaired) electrons. The first-order valence-corrected chi connectivity index (χ1v) is 10.2. The Labute approximate surface area is 205 Å². The second-order valence-electron chi connectivity index (χ2n) is 7.91. The summed E-state index contributed by atoms with van der Waals surface area (Å²) in [6, 6.07) is 0. The smallest absolute Gasteiger partial charge is 1.00 e. The van der Waals surface area contributed by atoms with Gasteiger partial charge in [0.25, 0.3) is 0 Å². The molecule has 0 N–H and O–H groups in total. The van der Waals surface area contributed by atoms with Crippen LogP contribution in [0.3, 0.4) is 0 Å². The van der Waals surface area contributed by atoms with Crippen LogP contribution in [0.1, 0.15) is 57.0 Å². The molecule has 27 heavy (non-hydrogen) atoms. The maximum atomic E-state index is 5.57. The van der Waals surface area contributed by atoms with Gasteiger partial charge in [0.15, 0.2) is 5.65 Å². The fourth-order valence-electron chi connectivity index (χ4n) is 4.89. The Morgan fingerprint density at radius 1 is 1.15 bits per heavy atom. The number of allylic oxidation sites excluding steroid dienone is 2. The van der Waals surface area contributed by atoms with Gasteiger partial charge in [-0.05, 0) is 56.8 Å². The minimum absolute atomic E-state index is 0. The minimum atomic E-state index is 0. The van der Waals surface area contributed by atoms with Crippen LogP contribution in [0.2, 0.25) is 0 Å². The number of hydrogen-bond donors (Lipinski definition) is 0. The topological polar surface area (TPSA) is 42.7 Å². The first-order chi connectivity index (χ1) is 12.8. The second kappa shape index (κ2) is 8.74. The molecule has 5 nitrogen and oxygen atoms in total. The Hall–Kier alpha value is -0.0836. The van der Waals surface area contributed by atoms with E-state index in [0.717, 1.165) is 44.7 Å². The molecule has 0 unspecified atom stereocenters. The largest absolute Gasteiger partial charge is 1.00 e. The van der Waals surface area contributed by atoms with Crippen molar-refractivity contribution in [3.05, 3.63) is 35.6 Å². The average molecular weight is 393 g/mol. The van der Waals surface area contributed by atoms with E-state index >= 15 is 0 Å². The number of nitrogens with zero attached hydrogens (tertiary/aromatic N) is 4. The van der Waals surface area contributed by atoms with Gasteiger partial charge >= 0.3 is 51.4 Å². The number of aromatic nitrogens is 3. The first-order valence-electron chi connectivity index (χ1n) is 10.2. The number of likely N-dealkylation sites (tertiary alicyclic amines) is 1. The van der Waals surface area contributed by atoms with Gasteiger partial charge < -0.3 is 11.1 Å². The molecule has 140 valence electrons. The molecule has 0 aromatic carbocycles. The first kappa shape index (κ1) is 20.2. The van der Waals surface area contributed by atoms with Crippen LogP contribution in [0.5, 0.6) is 0 Å². The maximum Gasteiger partial charge on any atom is 1.00 e. The van der Waals surface area contributed by atoms with Gasteiger partial charge in [-0.1, -0.05) is 13.0 Å². The van der Waals surface area contributed by atoms with E-state index in [9.17, 15) is 0 Å². The van der Waals surface area contributed by atoms with Crippen molar-refractivity contribution < 1.29 is 57.5 Å². The Bertz CT molecular complexity index is 838. The van der Waals surface area contributed by atoms with Crippen molar-refractivity contribution in [1.82, 2.24) is 19.3 Å². The van der Waals surface area contributed by atoms with Gasteiger partial charge in [-0.25, -0.2) is 4.98 Å². The molecule has 0 bridgehead atoms. The molecule has 0 spiro atoms. The number of hydrogen-bond acceptors (Lipinski definition) is 4. The van der Waals surface area contributed by atoms with Crippen molar-refractivity contribution in [1.29, 1.82) is 0 Å². The number of ether oxygens (including phenoxy) is 1. The van der Waals surface area contributed by atoms with Crippen molar-refractivity contribution in [3.63, 3.8) is 0 Å². The van der Waals surface area contributed by atoms with Crippen LogP contribution in [0.4, 0.5) is 0 Å². The Morgan fingerprint density at radius 2 is 1.93 bits per heavy atom. The van der Waals surface area contributed by atoms with E-state index in [4.69, 9.17) is 14.7 Å². The zero-order valence-electron chi connectivity index (χ0n) is 17.7. The third-order valence-electron chi connectivity index (χ3n) is 6.50. The second-order valence-corrected chi connectivity index (χ2v) is 7.91. The van der Waals surface area contributed by atoms with E-state index in [1.54, 1.807) is 0 Å². The van der Waals surface area contributed by atoms with Gasteiger partial charge in [0.1, 0.15) is 0 Å². The van der Waals surface area contributed by atoms with E-state index < -0.39 is 0 Å². The normalized spacial score (nSPS) is 21.9. The summed E-state index contributed by atoms with van der Waals surface area (Å²) in [6.07, 6.45) is 12.3. The molecule has 2 saturated heterocycles. The zero-order valence-corrected chi connectivity index (χ0v) is 19.8. The summed E-state index contributed by atoms with van der Waals surface area (Å²) in [7, 11) is 0. The Kier molecular flexibility index (Phi) is 6.54. The molecule has 0 saturated carbocycles. The number of fused-ring (bicyclic) bond motifs is 3. The standard InChI is InChI=1S/C21H28N4O.K.H/c1-2-24-9-5-16(6-10-24)19-14-25-20(23-19)13-22-18-4-3-17(21(18)25)15-7-11-26-12-8-15;;/h3,13-16H,2,4-12H2,1H3;;/q;+1;-1. The minimum Gasteiger partial charge on any atom is -1.00 e. The summed E-state index contributed by atoms with van der Waals surface area (Å²) >= 11 is 0. The van der Waals surface area contributed by atoms with Crippen LogP contribution in [0.15, 0.2) is 18.5 Å². The van der Waals surface area contributed by atoms with E-state index in [2.05, 4.69) is 28.5 Å². The molecule has 3 aliphatic rings. The third-order valence-corrected chi connectivity index (χ3v) is 6.50.